The summed E-state index contributed by atoms with van der Waals surface area (Å²) in [7, 11) is 0. The van der Waals surface area contributed by atoms with Crippen LogP contribution in [-0.2, 0) is 25.7 Å². The molecule has 0 saturated heterocycles. The van der Waals surface area contributed by atoms with Crippen LogP contribution in [0.2, 0.25) is 0 Å². The van der Waals surface area contributed by atoms with Gasteiger partial charge in [-0.2, -0.15) is 5.26 Å². The molecule has 2 aromatic rings. The molecule has 0 fully saturated rings. The molecule has 7 heteroatoms. The van der Waals surface area contributed by atoms with Crippen LogP contribution in [0.15, 0.2) is 36.7 Å². The Kier molecular flexibility index (Phi) is 16.7. The highest BCUT2D eigenvalue weighted by Crippen LogP contribution is 2.05. The number of hydrogen-bond acceptors (Lipinski definition) is 5. The predicted octanol–water partition coefficient (Wildman–Crippen LogP) is 3.48. The predicted molar refractivity (Wildman–Crippen MR) is 128 cm³/mol. The standard InChI is InChI=1S/C11H11N3.C11H19N3.HI/c1-13-8-6-11-5-4-10(9-14-11)3-2-7-12;12-7-1-3-10-5-6-11(14-9-10)4-2-8-13;/h4-5,9H,2-3,6,8H2;5-6,9H,1-4,7-8,12-13H2;1H. The van der Waals surface area contributed by atoms with E-state index in [9.17, 15) is 0 Å². The molecule has 0 aromatic carbocycles. The molecule has 0 saturated carbocycles. The van der Waals surface area contributed by atoms with Crippen molar-refractivity contribution < 1.29 is 0 Å². The van der Waals surface area contributed by atoms with E-state index in [2.05, 4.69) is 33.0 Å². The summed E-state index contributed by atoms with van der Waals surface area (Å²) in [6.45, 7) is 8.61. The summed E-state index contributed by atoms with van der Waals surface area (Å²) < 4.78 is 0. The maximum absolute atomic E-state index is 8.39. The van der Waals surface area contributed by atoms with Crippen molar-refractivity contribution in [3.05, 3.63) is 70.6 Å². The fourth-order valence-electron chi connectivity index (χ4n) is 2.46. The summed E-state index contributed by atoms with van der Waals surface area (Å²) >= 11 is 0. The summed E-state index contributed by atoms with van der Waals surface area (Å²) in [6.07, 6.45) is 9.78. The first kappa shape index (κ1) is 26.9. The first-order valence-corrected chi connectivity index (χ1v) is 9.71. The average Bonchev–Trinajstić information content (AvgIpc) is 2.75. The molecule has 4 N–H and O–H groups in total. The topological polar surface area (TPSA) is 106 Å². The zero-order chi connectivity index (χ0) is 20.5. The van der Waals surface area contributed by atoms with Gasteiger partial charge in [0.2, 0.25) is 6.54 Å². The highest BCUT2D eigenvalue weighted by atomic mass is 127. The second-order valence-corrected chi connectivity index (χ2v) is 6.39. The van der Waals surface area contributed by atoms with Crippen molar-refractivity contribution in [2.24, 2.45) is 11.5 Å². The number of rotatable bonds is 10. The van der Waals surface area contributed by atoms with Gasteiger partial charge in [0.25, 0.3) is 0 Å². The van der Waals surface area contributed by atoms with Gasteiger partial charge >= 0.3 is 0 Å². The van der Waals surface area contributed by atoms with Gasteiger partial charge in [0.15, 0.2) is 0 Å². The molecular weight excluding hydrogens is 475 g/mol. The molecule has 6 nitrogen and oxygen atoms in total. The second-order valence-electron chi connectivity index (χ2n) is 6.39. The minimum absolute atomic E-state index is 0. The van der Waals surface area contributed by atoms with E-state index in [1.54, 1.807) is 6.20 Å². The van der Waals surface area contributed by atoms with E-state index in [-0.39, 0.29) is 24.0 Å². The van der Waals surface area contributed by atoms with Crippen molar-refractivity contribution in [3.8, 4) is 6.07 Å². The van der Waals surface area contributed by atoms with Gasteiger partial charge < -0.3 is 16.3 Å². The lowest BCUT2D eigenvalue weighted by atomic mass is 10.1. The molecule has 2 rings (SSSR count). The minimum atomic E-state index is 0. The van der Waals surface area contributed by atoms with Crippen molar-refractivity contribution >= 4 is 24.0 Å². The van der Waals surface area contributed by atoms with Crippen molar-refractivity contribution in [2.75, 3.05) is 19.6 Å². The summed E-state index contributed by atoms with van der Waals surface area (Å²) in [5.41, 5.74) is 15.3. The van der Waals surface area contributed by atoms with Crippen LogP contribution in [0.4, 0.5) is 0 Å². The van der Waals surface area contributed by atoms with Gasteiger partial charge in [-0.05, 0) is 68.5 Å². The molecule has 0 aliphatic carbocycles. The molecule has 0 aliphatic rings. The number of aryl methyl sites for hydroxylation is 3. The van der Waals surface area contributed by atoms with Gasteiger partial charge in [-0.1, -0.05) is 12.1 Å². The Morgan fingerprint density at radius 1 is 0.862 bits per heavy atom. The third kappa shape index (κ3) is 12.9. The van der Waals surface area contributed by atoms with Crippen LogP contribution < -0.4 is 11.5 Å². The van der Waals surface area contributed by atoms with Crippen molar-refractivity contribution in [3.63, 3.8) is 0 Å². The van der Waals surface area contributed by atoms with Gasteiger partial charge in [0.05, 0.1) is 12.5 Å². The van der Waals surface area contributed by atoms with Crippen LogP contribution in [0.3, 0.4) is 0 Å². The Morgan fingerprint density at radius 3 is 1.90 bits per heavy atom. The van der Waals surface area contributed by atoms with Crippen LogP contribution in [-0.4, -0.2) is 29.6 Å². The zero-order valence-electron chi connectivity index (χ0n) is 16.9. The first-order valence-electron chi connectivity index (χ1n) is 9.71. The van der Waals surface area contributed by atoms with E-state index >= 15 is 0 Å². The largest absolute Gasteiger partial charge is 0.330 e. The molecule has 2 aromatic heterocycles. The van der Waals surface area contributed by atoms with E-state index in [0.717, 1.165) is 62.1 Å². The molecule has 0 atom stereocenters. The van der Waals surface area contributed by atoms with Gasteiger partial charge in [-0.25, -0.2) is 6.57 Å². The average molecular weight is 506 g/mol. The third-order valence-electron chi connectivity index (χ3n) is 4.08. The van der Waals surface area contributed by atoms with Gasteiger partial charge in [0.1, 0.15) is 0 Å². The monoisotopic (exact) mass is 506 g/mol. The molecule has 0 unspecified atom stereocenters. The second kappa shape index (κ2) is 18.0. The number of halogens is 1. The number of aromatic nitrogens is 2. The van der Waals surface area contributed by atoms with Gasteiger partial charge in [-0.15, -0.1) is 24.0 Å². The SMILES string of the molecule is I.NCCCc1ccc(CCCN)nc1.[C-]#[N+]CCc1ccc(CCC#N)cn1. The van der Waals surface area contributed by atoms with E-state index in [0.29, 0.717) is 19.4 Å². The van der Waals surface area contributed by atoms with Crippen molar-refractivity contribution in [1.82, 2.24) is 9.97 Å². The summed E-state index contributed by atoms with van der Waals surface area (Å²) in [4.78, 5) is 11.9. The number of pyridine rings is 2. The Bertz CT molecular complexity index is 668. The molecule has 29 heavy (non-hydrogen) atoms. The normalized spacial score (nSPS) is 9.38. The highest BCUT2D eigenvalue weighted by Gasteiger charge is 1.98. The lowest BCUT2D eigenvalue weighted by Crippen LogP contribution is -2.03. The summed E-state index contributed by atoms with van der Waals surface area (Å²) in [6, 6.07) is 10.2. The van der Waals surface area contributed by atoms with Crippen molar-refractivity contribution in [2.45, 2.75) is 44.9 Å². The third-order valence-corrected chi connectivity index (χ3v) is 4.08. The smallest absolute Gasteiger partial charge is 0.220 e. The molecule has 0 amide bonds. The Morgan fingerprint density at radius 2 is 1.41 bits per heavy atom. The maximum Gasteiger partial charge on any atom is 0.220 e. The van der Waals surface area contributed by atoms with E-state index < -0.39 is 0 Å². The van der Waals surface area contributed by atoms with Crippen LogP contribution in [0, 0.1) is 17.9 Å². The summed E-state index contributed by atoms with van der Waals surface area (Å²) in [5, 5.41) is 8.39. The molecule has 0 aliphatic heterocycles. The Labute approximate surface area is 191 Å². The number of hydrogen-bond donors (Lipinski definition) is 2. The molecular formula is C22H31IN6. The van der Waals surface area contributed by atoms with Crippen LogP contribution in [0.5, 0.6) is 0 Å². The van der Waals surface area contributed by atoms with E-state index in [1.165, 1.54) is 5.56 Å². The molecule has 0 radical (unpaired) electrons. The fourth-order valence-corrected chi connectivity index (χ4v) is 2.46. The van der Waals surface area contributed by atoms with Crippen LogP contribution in [0.25, 0.3) is 4.85 Å². The van der Waals surface area contributed by atoms with Gasteiger partial charge in [0, 0.05) is 30.2 Å². The highest BCUT2D eigenvalue weighted by molar-refractivity contribution is 14.0. The Hall–Kier alpha value is -2.07. The number of nitrogens with zero attached hydrogens (tertiary/aromatic N) is 4. The minimum Gasteiger partial charge on any atom is -0.330 e. The van der Waals surface area contributed by atoms with Gasteiger partial charge in [-0.3, -0.25) is 9.97 Å². The Balaban J connectivity index is 0.000000523. The number of nitriles is 1. The maximum atomic E-state index is 8.39. The quantitative estimate of drug-likeness (QED) is 0.379. The fraction of sp³-hybridized carbons (Fsp3) is 0.455. The lowest BCUT2D eigenvalue weighted by molar-refractivity contribution is 0.799. The van der Waals surface area contributed by atoms with Crippen LogP contribution >= 0.6 is 24.0 Å². The van der Waals surface area contributed by atoms with E-state index in [1.807, 2.05) is 18.3 Å². The lowest BCUT2D eigenvalue weighted by Gasteiger charge is -2.02. The molecule has 0 spiro atoms. The summed E-state index contributed by atoms with van der Waals surface area (Å²) in [5.74, 6) is 0. The number of nitrogens with two attached hydrogens (primary N) is 2. The first-order chi connectivity index (χ1) is 13.7. The van der Waals surface area contributed by atoms with Crippen molar-refractivity contribution in [1.29, 1.82) is 5.26 Å². The van der Waals surface area contributed by atoms with E-state index in [4.69, 9.17) is 23.3 Å². The molecule has 2 heterocycles. The molecule has 0 bridgehead atoms. The van der Waals surface area contributed by atoms with Crippen LogP contribution in [0.1, 0.15) is 41.8 Å². The molecule has 156 valence electrons. The zero-order valence-corrected chi connectivity index (χ0v) is 19.2.